The Kier molecular flexibility index (Phi) is 1.85. The van der Waals surface area contributed by atoms with Crippen LogP contribution in [0.4, 0.5) is 13.2 Å². The molecule has 1 aromatic rings. The Bertz CT molecular complexity index is 270. The molecule has 0 fully saturated rings. The summed E-state index contributed by atoms with van der Waals surface area (Å²) in [5.41, 5.74) is -0.640. The number of nitrogens with zero attached hydrogens (tertiary/aromatic N) is 1. The molecule has 0 N–H and O–H groups in total. The summed E-state index contributed by atoms with van der Waals surface area (Å²) in [4.78, 5) is 3.15. The number of pyridine rings is 1. The molecule has 0 bridgehead atoms. The maximum Gasteiger partial charge on any atom is 0.219 e. The predicted octanol–water partition coefficient (Wildman–Crippen LogP) is 2.12. The van der Waals surface area contributed by atoms with Gasteiger partial charge >= 0.3 is 0 Å². The Hall–Kier alpha value is -1.06. The van der Waals surface area contributed by atoms with E-state index in [-0.39, 0.29) is 11.3 Å². The quantitative estimate of drug-likeness (QED) is 0.531. The molecule has 0 spiro atoms. The van der Waals surface area contributed by atoms with Gasteiger partial charge in [0.1, 0.15) is 0 Å². The van der Waals surface area contributed by atoms with Crippen LogP contribution in [0.25, 0.3) is 0 Å². The minimum absolute atomic E-state index is 0.259. The second-order valence-electron chi connectivity index (χ2n) is 2.24. The van der Waals surface area contributed by atoms with Crippen LogP contribution in [0.2, 0.25) is 0 Å². The Morgan fingerprint density at radius 1 is 1.00 bits per heavy atom. The molecule has 1 heterocycles. The first-order chi connectivity index (χ1) is 5.04. The lowest BCUT2D eigenvalue weighted by molar-refractivity contribution is 0.461. The molecule has 0 unspecified atom stereocenters. The van der Waals surface area contributed by atoms with Gasteiger partial charge in [-0.15, -0.1) is 0 Å². The molecule has 4 heteroatoms. The van der Waals surface area contributed by atoms with E-state index < -0.39 is 17.6 Å². The van der Waals surface area contributed by atoms with Crippen LogP contribution >= 0.6 is 0 Å². The summed E-state index contributed by atoms with van der Waals surface area (Å²) in [5, 5.41) is 0. The highest BCUT2D eigenvalue weighted by Crippen LogP contribution is 2.14. The number of aryl methyl sites for hydroxylation is 1. The SMILES string of the molecule is Cc1nc(F)c(C)c(F)c1F. The zero-order valence-corrected chi connectivity index (χ0v) is 6.08. The highest BCUT2D eigenvalue weighted by Gasteiger charge is 2.13. The third-order valence-electron chi connectivity index (χ3n) is 1.41. The molecule has 0 atom stereocenters. The van der Waals surface area contributed by atoms with Crippen LogP contribution in [-0.2, 0) is 0 Å². The van der Waals surface area contributed by atoms with Crippen LogP contribution in [0.3, 0.4) is 0 Å². The number of hydrogen-bond donors (Lipinski definition) is 0. The van der Waals surface area contributed by atoms with E-state index in [0.717, 1.165) is 6.92 Å². The van der Waals surface area contributed by atoms with Gasteiger partial charge in [-0.25, -0.2) is 13.8 Å². The van der Waals surface area contributed by atoms with E-state index in [0.29, 0.717) is 0 Å². The van der Waals surface area contributed by atoms with Gasteiger partial charge in [-0.3, -0.25) is 0 Å². The van der Waals surface area contributed by atoms with Gasteiger partial charge in [-0.2, -0.15) is 4.39 Å². The number of aromatic nitrogens is 1. The van der Waals surface area contributed by atoms with Crippen LogP contribution in [0, 0.1) is 31.4 Å². The van der Waals surface area contributed by atoms with Gasteiger partial charge in [0.25, 0.3) is 0 Å². The van der Waals surface area contributed by atoms with Crippen molar-refractivity contribution in [2.24, 2.45) is 0 Å². The molecule has 60 valence electrons. The maximum absolute atomic E-state index is 12.6. The van der Waals surface area contributed by atoms with E-state index in [1.54, 1.807) is 0 Å². The zero-order chi connectivity index (χ0) is 8.59. The van der Waals surface area contributed by atoms with Gasteiger partial charge < -0.3 is 0 Å². The fourth-order valence-corrected chi connectivity index (χ4v) is 0.694. The van der Waals surface area contributed by atoms with Crippen LogP contribution in [0.1, 0.15) is 11.3 Å². The van der Waals surface area contributed by atoms with Gasteiger partial charge in [0.05, 0.1) is 5.69 Å². The molecular formula is C7H6F3N. The third-order valence-corrected chi connectivity index (χ3v) is 1.41. The number of halogens is 3. The molecule has 0 aliphatic carbocycles. The Balaban J connectivity index is 3.46. The zero-order valence-electron chi connectivity index (χ0n) is 6.08. The van der Waals surface area contributed by atoms with Crippen LogP contribution in [-0.4, -0.2) is 4.98 Å². The number of hydrogen-bond acceptors (Lipinski definition) is 1. The maximum atomic E-state index is 12.6. The summed E-state index contributed by atoms with van der Waals surface area (Å²) >= 11 is 0. The van der Waals surface area contributed by atoms with Crippen molar-refractivity contribution >= 4 is 0 Å². The summed E-state index contributed by atoms with van der Waals surface area (Å²) in [5.74, 6) is -3.19. The lowest BCUT2D eigenvalue weighted by Gasteiger charge is -2.00. The van der Waals surface area contributed by atoms with Crippen molar-refractivity contribution in [3.63, 3.8) is 0 Å². The molecule has 1 rings (SSSR count). The third kappa shape index (κ3) is 1.20. The summed E-state index contributed by atoms with van der Waals surface area (Å²) in [7, 11) is 0. The Labute approximate surface area is 61.9 Å². The van der Waals surface area contributed by atoms with Gasteiger partial charge in [0.2, 0.25) is 5.95 Å². The molecule has 0 radical (unpaired) electrons. The fourth-order valence-electron chi connectivity index (χ4n) is 0.694. The molecule has 0 saturated heterocycles. The van der Waals surface area contributed by atoms with E-state index in [9.17, 15) is 13.2 Å². The molecule has 0 saturated carbocycles. The minimum atomic E-state index is -1.16. The van der Waals surface area contributed by atoms with E-state index in [2.05, 4.69) is 4.98 Å². The first kappa shape index (κ1) is 8.04. The standard InChI is InChI=1S/C7H6F3N/c1-3-5(8)6(9)4(2)11-7(3)10/h1-2H3. The van der Waals surface area contributed by atoms with Crippen LogP contribution in [0.15, 0.2) is 0 Å². The lowest BCUT2D eigenvalue weighted by atomic mass is 10.2. The van der Waals surface area contributed by atoms with E-state index in [1.807, 2.05) is 0 Å². The molecule has 0 amide bonds. The van der Waals surface area contributed by atoms with Crippen molar-refractivity contribution in [2.75, 3.05) is 0 Å². The first-order valence-electron chi connectivity index (χ1n) is 3.01. The van der Waals surface area contributed by atoms with Gasteiger partial charge in [-0.1, -0.05) is 0 Å². The summed E-state index contributed by atoms with van der Waals surface area (Å²) in [6.07, 6.45) is 0. The van der Waals surface area contributed by atoms with Crippen molar-refractivity contribution < 1.29 is 13.2 Å². The summed E-state index contributed by atoms with van der Waals surface area (Å²) in [6, 6.07) is 0. The van der Waals surface area contributed by atoms with Crippen molar-refractivity contribution in [3.05, 3.63) is 28.8 Å². The van der Waals surface area contributed by atoms with Crippen molar-refractivity contribution in [3.8, 4) is 0 Å². The minimum Gasteiger partial charge on any atom is -0.222 e. The molecule has 0 aromatic carbocycles. The average molecular weight is 161 g/mol. The predicted molar refractivity (Wildman–Crippen MR) is 33.6 cm³/mol. The van der Waals surface area contributed by atoms with Gasteiger partial charge in [0.15, 0.2) is 11.6 Å². The summed E-state index contributed by atoms with van der Waals surface area (Å²) < 4.78 is 37.7. The second-order valence-corrected chi connectivity index (χ2v) is 2.24. The Morgan fingerprint density at radius 3 is 2.09 bits per heavy atom. The van der Waals surface area contributed by atoms with E-state index in [1.165, 1.54) is 6.92 Å². The van der Waals surface area contributed by atoms with Crippen molar-refractivity contribution in [1.82, 2.24) is 4.98 Å². The monoisotopic (exact) mass is 161 g/mol. The molecule has 0 aliphatic rings. The van der Waals surface area contributed by atoms with E-state index in [4.69, 9.17) is 0 Å². The molecule has 11 heavy (non-hydrogen) atoms. The molecule has 0 aliphatic heterocycles. The largest absolute Gasteiger partial charge is 0.222 e. The topological polar surface area (TPSA) is 12.9 Å². The smallest absolute Gasteiger partial charge is 0.219 e. The first-order valence-corrected chi connectivity index (χ1v) is 3.01. The van der Waals surface area contributed by atoms with Crippen molar-refractivity contribution in [2.45, 2.75) is 13.8 Å². The second kappa shape index (κ2) is 2.53. The van der Waals surface area contributed by atoms with Gasteiger partial charge in [0, 0.05) is 5.56 Å². The van der Waals surface area contributed by atoms with Crippen LogP contribution in [0.5, 0.6) is 0 Å². The van der Waals surface area contributed by atoms with E-state index >= 15 is 0 Å². The molecule has 1 nitrogen and oxygen atoms in total. The highest BCUT2D eigenvalue weighted by atomic mass is 19.2. The molecule has 1 aromatic heterocycles. The van der Waals surface area contributed by atoms with Gasteiger partial charge in [-0.05, 0) is 13.8 Å². The highest BCUT2D eigenvalue weighted by molar-refractivity contribution is 5.17. The normalized spacial score (nSPS) is 10.3. The molecular weight excluding hydrogens is 155 g/mol. The fraction of sp³-hybridized carbons (Fsp3) is 0.286. The number of rotatable bonds is 0. The van der Waals surface area contributed by atoms with Crippen LogP contribution < -0.4 is 0 Å². The average Bonchev–Trinajstić information content (AvgIpc) is 1.97. The van der Waals surface area contributed by atoms with Crippen molar-refractivity contribution in [1.29, 1.82) is 0 Å². The summed E-state index contributed by atoms with van der Waals surface area (Å²) in [6.45, 7) is 2.35. The Morgan fingerprint density at radius 2 is 1.55 bits per heavy atom. The lowest BCUT2D eigenvalue weighted by Crippen LogP contribution is -2.01.